The van der Waals surface area contributed by atoms with Crippen LogP contribution < -0.4 is 10.1 Å². The second-order valence-corrected chi connectivity index (χ2v) is 9.64. The van der Waals surface area contributed by atoms with E-state index in [1.807, 2.05) is 19.4 Å². The van der Waals surface area contributed by atoms with E-state index >= 15 is 4.39 Å². The average Bonchev–Trinajstić information content (AvgIpc) is 3.61. The molecule has 4 aromatic heterocycles. The molecule has 0 spiro atoms. The number of nitrogens with one attached hydrogen (secondary N) is 2. The lowest BCUT2D eigenvalue weighted by molar-refractivity contribution is -0.127. The van der Waals surface area contributed by atoms with Gasteiger partial charge in [-0.05, 0) is 48.6 Å². The maximum absolute atomic E-state index is 15.3. The van der Waals surface area contributed by atoms with Crippen LogP contribution >= 0.6 is 0 Å². The van der Waals surface area contributed by atoms with Crippen LogP contribution in [-0.4, -0.2) is 53.6 Å². The van der Waals surface area contributed by atoms with Crippen molar-refractivity contribution in [2.45, 2.75) is 18.8 Å². The summed E-state index contributed by atoms with van der Waals surface area (Å²) >= 11 is 0. The number of aryl methyl sites for hydroxylation is 1. The Balaban J connectivity index is 1.21. The second kappa shape index (κ2) is 10.6. The Morgan fingerprint density at radius 1 is 1.18 bits per heavy atom. The van der Waals surface area contributed by atoms with Gasteiger partial charge in [-0.1, -0.05) is 6.58 Å². The van der Waals surface area contributed by atoms with E-state index in [2.05, 4.69) is 36.9 Å². The van der Waals surface area contributed by atoms with Gasteiger partial charge >= 0.3 is 0 Å². The number of benzene rings is 1. The van der Waals surface area contributed by atoms with Gasteiger partial charge < -0.3 is 19.9 Å². The second-order valence-electron chi connectivity index (χ2n) is 9.64. The number of aromatic nitrogens is 6. The summed E-state index contributed by atoms with van der Waals surface area (Å²) in [6.07, 6.45) is 11.6. The Kier molecular flexibility index (Phi) is 6.69. The van der Waals surface area contributed by atoms with Crippen LogP contribution in [0.4, 0.5) is 15.9 Å². The number of amides is 1. The number of pyridine rings is 1. The van der Waals surface area contributed by atoms with Crippen molar-refractivity contribution in [2.75, 3.05) is 18.4 Å². The smallest absolute Gasteiger partial charge is 0.245 e. The third kappa shape index (κ3) is 5.00. The molecule has 6 rings (SSSR count). The summed E-state index contributed by atoms with van der Waals surface area (Å²) in [5.41, 5.74) is 3.54. The van der Waals surface area contributed by atoms with Gasteiger partial charge in [0.2, 0.25) is 5.91 Å². The van der Waals surface area contributed by atoms with Gasteiger partial charge in [0.25, 0.3) is 0 Å². The van der Waals surface area contributed by atoms with Crippen LogP contribution in [-0.2, 0) is 11.8 Å². The molecule has 1 fully saturated rings. The molecule has 40 heavy (non-hydrogen) atoms. The predicted octanol–water partition coefficient (Wildman–Crippen LogP) is 5.32. The van der Waals surface area contributed by atoms with E-state index in [1.54, 1.807) is 46.2 Å². The van der Waals surface area contributed by atoms with Crippen molar-refractivity contribution in [3.8, 4) is 22.8 Å². The van der Waals surface area contributed by atoms with Crippen molar-refractivity contribution in [1.82, 2.24) is 34.6 Å². The zero-order chi connectivity index (χ0) is 27.6. The first-order valence-corrected chi connectivity index (χ1v) is 12.9. The SMILES string of the molecule is C=CC(=O)N1CCC(c2c[nH]c3ncnc(Nc4ccc(Oc5ccnc(-c6cnn(C)c6)c5)cc4F)c23)CC1. The van der Waals surface area contributed by atoms with Gasteiger partial charge in [0.15, 0.2) is 0 Å². The Morgan fingerprint density at radius 2 is 2.00 bits per heavy atom. The minimum Gasteiger partial charge on any atom is -0.457 e. The highest BCUT2D eigenvalue weighted by Gasteiger charge is 2.26. The molecule has 0 unspecified atom stereocenters. The number of anilines is 2. The third-order valence-corrected chi connectivity index (χ3v) is 7.08. The Hall–Kier alpha value is -5.06. The number of hydrogen-bond donors (Lipinski definition) is 2. The number of carbonyl (C=O) groups excluding carboxylic acids is 1. The minimum absolute atomic E-state index is 0.0520. The fourth-order valence-electron chi connectivity index (χ4n) is 5.05. The molecule has 1 aromatic carbocycles. The average molecular weight is 539 g/mol. The molecule has 0 saturated carbocycles. The van der Waals surface area contributed by atoms with E-state index in [-0.39, 0.29) is 17.5 Å². The number of ether oxygens (including phenoxy) is 1. The number of H-pyrrole nitrogens is 1. The van der Waals surface area contributed by atoms with Crippen LogP contribution in [0.25, 0.3) is 22.3 Å². The molecule has 0 radical (unpaired) electrons. The number of likely N-dealkylation sites (tertiary alicyclic amines) is 1. The molecular weight excluding hydrogens is 511 g/mol. The molecule has 1 amide bonds. The standard InChI is InChI=1S/C29H27FN8O2/c1-3-26(39)38-10-7-18(8-11-38)22-15-32-28-27(22)29(34-17-33-28)36-24-5-4-20(12-23(24)30)40-21-6-9-31-25(13-21)19-14-35-37(2)16-19/h3-6,9,12-18H,1,7-8,10-11H2,2H3,(H2,32,33,34,36). The van der Waals surface area contributed by atoms with Gasteiger partial charge in [-0.25, -0.2) is 14.4 Å². The molecule has 2 N–H and O–H groups in total. The highest BCUT2D eigenvalue weighted by molar-refractivity contribution is 5.92. The van der Waals surface area contributed by atoms with Crippen LogP contribution in [0.2, 0.25) is 0 Å². The molecule has 10 nitrogen and oxygen atoms in total. The fraction of sp³-hybridized carbons (Fsp3) is 0.207. The summed E-state index contributed by atoms with van der Waals surface area (Å²) in [4.78, 5) is 30.2. The van der Waals surface area contributed by atoms with Crippen molar-refractivity contribution >= 4 is 28.4 Å². The van der Waals surface area contributed by atoms with Crippen molar-refractivity contribution < 1.29 is 13.9 Å². The Morgan fingerprint density at radius 3 is 2.75 bits per heavy atom. The Labute approximate surface area is 229 Å². The molecule has 0 aliphatic carbocycles. The van der Waals surface area contributed by atoms with Gasteiger partial charge in [0.05, 0.1) is 23.0 Å². The van der Waals surface area contributed by atoms with Crippen molar-refractivity contribution in [1.29, 1.82) is 0 Å². The number of rotatable bonds is 7. The van der Waals surface area contributed by atoms with Crippen molar-refractivity contribution in [3.05, 3.63) is 85.5 Å². The quantitative estimate of drug-likeness (QED) is 0.270. The van der Waals surface area contributed by atoms with E-state index in [0.717, 1.165) is 29.4 Å². The molecule has 5 heterocycles. The third-order valence-electron chi connectivity index (χ3n) is 7.08. The summed E-state index contributed by atoms with van der Waals surface area (Å²) in [6, 6.07) is 8.14. The summed E-state index contributed by atoms with van der Waals surface area (Å²) < 4.78 is 22.9. The van der Waals surface area contributed by atoms with Crippen LogP contribution in [0, 0.1) is 5.82 Å². The predicted molar refractivity (Wildman–Crippen MR) is 149 cm³/mol. The minimum atomic E-state index is -0.487. The molecule has 1 aliphatic heterocycles. The molecule has 11 heteroatoms. The molecule has 1 saturated heterocycles. The molecule has 202 valence electrons. The van der Waals surface area contributed by atoms with Gasteiger partial charge in [0, 0.05) is 56.4 Å². The van der Waals surface area contributed by atoms with E-state index < -0.39 is 5.82 Å². The number of nitrogens with zero attached hydrogens (tertiary/aromatic N) is 6. The maximum atomic E-state index is 15.3. The first kappa shape index (κ1) is 25.2. The normalized spacial score (nSPS) is 13.9. The van der Waals surface area contributed by atoms with Crippen molar-refractivity contribution in [3.63, 3.8) is 0 Å². The topological polar surface area (TPSA) is 114 Å². The van der Waals surface area contributed by atoms with Gasteiger partial charge in [-0.2, -0.15) is 5.10 Å². The lowest BCUT2D eigenvalue weighted by Gasteiger charge is -2.31. The monoisotopic (exact) mass is 538 g/mol. The van der Waals surface area contributed by atoms with E-state index in [1.165, 1.54) is 18.5 Å². The van der Waals surface area contributed by atoms with Crippen LogP contribution in [0.15, 0.2) is 74.1 Å². The first-order chi connectivity index (χ1) is 19.5. The number of fused-ring (bicyclic) bond motifs is 1. The van der Waals surface area contributed by atoms with E-state index in [4.69, 9.17) is 4.74 Å². The van der Waals surface area contributed by atoms with E-state index in [0.29, 0.717) is 41.7 Å². The maximum Gasteiger partial charge on any atom is 0.245 e. The number of aromatic amines is 1. The number of carbonyl (C=O) groups is 1. The first-order valence-electron chi connectivity index (χ1n) is 12.9. The zero-order valence-corrected chi connectivity index (χ0v) is 21.8. The highest BCUT2D eigenvalue weighted by atomic mass is 19.1. The van der Waals surface area contributed by atoms with Crippen molar-refractivity contribution in [2.24, 2.45) is 7.05 Å². The van der Waals surface area contributed by atoms with Crippen LogP contribution in [0.3, 0.4) is 0 Å². The van der Waals surface area contributed by atoms with Gasteiger partial charge in [-0.15, -0.1) is 0 Å². The summed E-state index contributed by atoms with van der Waals surface area (Å²) in [5, 5.41) is 8.13. The van der Waals surface area contributed by atoms with Gasteiger partial charge in [0.1, 0.15) is 35.1 Å². The largest absolute Gasteiger partial charge is 0.457 e. The number of piperidine rings is 1. The van der Waals surface area contributed by atoms with Crippen LogP contribution in [0.1, 0.15) is 24.3 Å². The van der Waals surface area contributed by atoms with E-state index in [9.17, 15) is 4.79 Å². The van der Waals surface area contributed by atoms with Crippen LogP contribution in [0.5, 0.6) is 11.5 Å². The molecular formula is C29H27FN8O2. The molecule has 0 bridgehead atoms. The molecule has 0 atom stereocenters. The number of halogens is 1. The molecule has 1 aliphatic rings. The number of hydrogen-bond acceptors (Lipinski definition) is 7. The molecule has 5 aromatic rings. The van der Waals surface area contributed by atoms with Gasteiger partial charge in [-0.3, -0.25) is 14.5 Å². The highest BCUT2D eigenvalue weighted by Crippen LogP contribution is 2.37. The lowest BCUT2D eigenvalue weighted by atomic mass is 9.89. The summed E-state index contributed by atoms with van der Waals surface area (Å²) in [6.45, 7) is 4.88. The fourth-order valence-corrected chi connectivity index (χ4v) is 5.05. The lowest BCUT2D eigenvalue weighted by Crippen LogP contribution is -2.36. The Bertz CT molecular complexity index is 1700. The zero-order valence-electron chi connectivity index (χ0n) is 21.8. The summed E-state index contributed by atoms with van der Waals surface area (Å²) in [5.74, 6) is 1.06. The summed E-state index contributed by atoms with van der Waals surface area (Å²) in [7, 11) is 1.84.